The zero-order valence-corrected chi connectivity index (χ0v) is 11.0. The minimum Gasteiger partial charge on any atom is -0.386 e. The SMILES string of the molecule is CC(C)C[C@H](O)C(F)(F)S(=O)(=O)c1ccccc1. The van der Waals surface area contributed by atoms with Crippen molar-refractivity contribution >= 4 is 9.84 Å². The summed E-state index contributed by atoms with van der Waals surface area (Å²) < 4.78 is 51.1. The molecule has 1 aromatic rings. The number of sulfone groups is 1. The van der Waals surface area contributed by atoms with Crippen molar-refractivity contribution in [2.45, 2.75) is 36.5 Å². The Kier molecular flexibility index (Phi) is 4.45. The van der Waals surface area contributed by atoms with Crippen LogP contribution < -0.4 is 0 Å². The lowest BCUT2D eigenvalue weighted by molar-refractivity contribution is -0.0505. The van der Waals surface area contributed by atoms with Crippen molar-refractivity contribution in [3.05, 3.63) is 30.3 Å². The van der Waals surface area contributed by atoms with Crippen molar-refractivity contribution in [3.8, 4) is 0 Å². The average Bonchev–Trinajstić information content (AvgIpc) is 2.29. The van der Waals surface area contributed by atoms with E-state index in [2.05, 4.69) is 0 Å². The summed E-state index contributed by atoms with van der Waals surface area (Å²) in [6.45, 7) is 3.27. The van der Waals surface area contributed by atoms with Crippen molar-refractivity contribution in [1.29, 1.82) is 0 Å². The van der Waals surface area contributed by atoms with Crippen molar-refractivity contribution in [3.63, 3.8) is 0 Å². The fourth-order valence-corrected chi connectivity index (χ4v) is 2.80. The molecule has 0 aliphatic heterocycles. The maximum atomic E-state index is 13.8. The summed E-state index contributed by atoms with van der Waals surface area (Å²) >= 11 is 0. The van der Waals surface area contributed by atoms with Gasteiger partial charge < -0.3 is 5.11 Å². The van der Waals surface area contributed by atoms with Gasteiger partial charge in [-0.2, -0.15) is 8.78 Å². The first-order valence-corrected chi connectivity index (χ1v) is 7.03. The van der Waals surface area contributed by atoms with E-state index in [1.807, 2.05) is 0 Å². The van der Waals surface area contributed by atoms with Crippen LogP contribution in [0.1, 0.15) is 20.3 Å². The van der Waals surface area contributed by atoms with Crippen LogP contribution in [0.25, 0.3) is 0 Å². The molecule has 0 amide bonds. The lowest BCUT2D eigenvalue weighted by Crippen LogP contribution is -2.42. The van der Waals surface area contributed by atoms with Crippen LogP contribution in [0.4, 0.5) is 8.78 Å². The topological polar surface area (TPSA) is 54.4 Å². The van der Waals surface area contributed by atoms with Crippen LogP contribution in [-0.2, 0) is 9.84 Å². The zero-order valence-electron chi connectivity index (χ0n) is 10.2. The van der Waals surface area contributed by atoms with E-state index >= 15 is 0 Å². The fourth-order valence-electron chi connectivity index (χ4n) is 1.52. The molecule has 3 nitrogen and oxygen atoms in total. The Balaban J connectivity index is 3.11. The lowest BCUT2D eigenvalue weighted by Gasteiger charge is -2.23. The molecule has 1 N–H and O–H groups in total. The van der Waals surface area contributed by atoms with Gasteiger partial charge in [0, 0.05) is 0 Å². The normalized spacial score (nSPS) is 14.8. The van der Waals surface area contributed by atoms with Gasteiger partial charge in [-0.1, -0.05) is 32.0 Å². The van der Waals surface area contributed by atoms with Crippen molar-refractivity contribution in [1.82, 2.24) is 0 Å². The predicted octanol–water partition coefficient (Wildman–Crippen LogP) is 2.46. The van der Waals surface area contributed by atoms with Crippen LogP contribution in [0.3, 0.4) is 0 Å². The molecule has 6 heteroatoms. The van der Waals surface area contributed by atoms with Gasteiger partial charge in [-0.25, -0.2) is 8.42 Å². The average molecular weight is 278 g/mol. The Bertz CT molecular complexity index is 483. The highest BCUT2D eigenvalue weighted by atomic mass is 32.2. The minimum absolute atomic E-state index is 0.225. The maximum Gasteiger partial charge on any atom is 0.375 e. The summed E-state index contributed by atoms with van der Waals surface area (Å²) in [7, 11) is -4.87. The molecule has 0 spiro atoms. The van der Waals surface area contributed by atoms with Gasteiger partial charge in [0.05, 0.1) is 4.90 Å². The smallest absolute Gasteiger partial charge is 0.375 e. The molecular weight excluding hydrogens is 262 g/mol. The monoisotopic (exact) mass is 278 g/mol. The molecule has 18 heavy (non-hydrogen) atoms. The largest absolute Gasteiger partial charge is 0.386 e. The van der Waals surface area contributed by atoms with Gasteiger partial charge in [-0.15, -0.1) is 0 Å². The first-order valence-electron chi connectivity index (χ1n) is 5.55. The van der Waals surface area contributed by atoms with Gasteiger partial charge in [-0.3, -0.25) is 0 Å². The van der Waals surface area contributed by atoms with Crippen molar-refractivity contribution < 1.29 is 22.3 Å². The lowest BCUT2D eigenvalue weighted by atomic mass is 10.1. The summed E-state index contributed by atoms with van der Waals surface area (Å²) in [6, 6.07) is 6.42. The number of benzene rings is 1. The van der Waals surface area contributed by atoms with Crippen LogP contribution in [0.5, 0.6) is 0 Å². The molecule has 0 aliphatic carbocycles. The number of aliphatic hydroxyl groups is 1. The summed E-state index contributed by atoms with van der Waals surface area (Å²) in [5.41, 5.74) is 0. The third kappa shape index (κ3) is 2.87. The van der Waals surface area contributed by atoms with E-state index in [1.165, 1.54) is 18.2 Å². The first-order chi connectivity index (χ1) is 8.19. The molecule has 0 fully saturated rings. The molecule has 1 atom stereocenters. The van der Waals surface area contributed by atoms with Gasteiger partial charge in [-0.05, 0) is 24.5 Å². The van der Waals surface area contributed by atoms with E-state index in [1.54, 1.807) is 13.8 Å². The summed E-state index contributed by atoms with van der Waals surface area (Å²) in [5.74, 6) is -0.225. The molecule has 0 saturated heterocycles. The van der Waals surface area contributed by atoms with Gasteiger partial charge in [0.25, 0.3) is 0 Å². The highest BCUT2D eigenvalue weighted by Gasteiger charge is 2.52. The Morgan fingerprint density at radius 1 is 1.22 bits per heavy atom. The Morgan fingerprint density at radius 3 is 2.17 bits per heavy atom. The summed E-state index contributed by atoms with van der Waals surface area (Å²) in [4.78, 5) is -0.488. The van der Waals surface area contributed by atoms with E-state index in [4.69, 9.17) is 0 Å². The van der Waals surface area contributed by atoms with E-state index in [-0.39, 0.29) is 12.3 Å². The minimum atomic E-state index is -4.87. The van der Waals surface area contributed by atoms with Crippen LogP contribution in [0, 0.1) is 5.92 Å². The molecule has 0 saturated carbocycles. The van der Waals surface area contributed by atoms with Gasteiger partial charge in [0.15, 0.2) is 0 Å². The van der Waals surface area contributed by atoms with Crippen LogP contribution in [0.15, 0.2) is 35.2 Å². The Labute approximate surface area is 105 Å². The predicted molar refractivity (Wildman–Crippen MR) is 64.0 cm³/mol. The zero-order chi connectivity index (χ0) is 14.0. The van der Waals surface area contributed by atoms with E-state index in [0.29, 0.717) is 0 Å². The fraction of sp³-hybridized carbons (Fsp3) is 0.500. The quantitative estimate of drug-likeness (QED) is 0.900. The van der Waals surface area contributed by atoms with Gasteiger partial charge >= 0.3 is 5.25 Å². The molecule has 102 valence electrons. The molecule has 0 aliphatic rings. The van der Waals surface area contributed by atoms with Gasteiger partial charge in [0.2, 0.25) is 9.84 Å². The second-order valence-electron chi connectivity index (χ2n) is 4.52. The summed E-state index contributed by atoms with van der Waals surface area (Å²) in [5, 5.41) is 5.23. The van der Waals surface area contributed by atoms with Crippen LogP contribution >= 0.6 is 0 Å². The number of hydrogen-bond acceptors (Lipinski definition) is 3. The maximum absolute atomic E-state index is 13.8. The first kappa shape index (κ1) is 15.0. The number of halogens is 2. The second kappa shape index (κ2) is 5.32. The molecule has 0 aromatic heterocycles. The van der Waals surface area contributed by atoms with Crippen LogP contribution in [-0.4, -0.2) is 24.9 Å². The Hall–Kier alpha value is -1.01. The van der Waals surface area contributed by atoms with Crippen molar-refractivity contribution in [2.75, 3.05) is 0 Å². The third-order valence-corrected chi connectivity index (χ3v) is 4.38. The van der Waals surface area contributed by atoms with Gasteiger partial charge in [0.1, 0.15) is 6.10 Å². The van der Waals surface area contributed by atoms with Crippen LogP contribution in [0.2, 0.25) is 0 Å². The Morgan fingerprint density at radius 2 is 1.72 bits per heavy atom. The number of hydrogen-bond donors (Lipinski definition) is 1. The van der Waals surface area contributed by atoms with Crippen molar-refractivity contribution in [2.24, 2.45) is 5.92 Å². The third-order valence-electron chi connectivity index (χ3n) is 2.49. The summed E-state index contributed by atoms with van der Waals surface area (Å²) in [6.07, 6.45) is -2.48. The molecule has 0 heterocycles. The number of rotatable bonds is 5. The highest BCUT2D eigenvalue weighted by Crippen LogP contribution is 2.34. The van der Waals surface area contributed by atoms with E-state index < -0.39 is 26.1 Å². The van der Waals surface area contributed by atoms with E-state index in [0.717, 1.165) is 12.1 Å². The molecular formula is C12H16F2O3S. The molecule has 0 radical (unpaired) electrons. The molecule has 1 aromatic carbocycles. The molecule has 0 bridgehead atoms. The second-order valence-corrected chi connectivity index (χ2v) is 6.55. The molecule has 0 unspecified atom stereocenters. The van der Waals surface area contributed by atoms with E-state index in [9.17, 15) is 22.3 Å². The highest BCUT2D eigenvalue weighted by molar-refractivity contribution is 7.92. The number of aliphatic hydroxyl groups excluding tert-OH is 1. The number of alkyl halides is 2. The standard InChI is InChI=1S/C12H16F2O3S/c1-9(2)8-11(15)12(13,14)18(16,17)10-6-4-3-5-7-10/h3-7,9,11,15H,8H2,1-2H3/t11-/m0/s1. The molecule has 1 rings (SSSR count).